The first kappa shape index (κ1) is 26.9. The molecule has 1 atom stereocenters. The lowest BCUT2D eigenvalue weighted by molar-refractivity contribution is -0.126. The van der Waals surface area contributed by atoms with Crippen LogP contribution in [-0.2, 0) is 6.54 Å². The van der Waals surface area contributed by atoms with Gasteiger partial charge in [-0.2, -0.15) is 5.26 Å². The number of benzene rings is 1. The van der Waals surface area contributed by atoms with E-state index in [-0.39, 0.29) is 29.8 Å². The van der Waals surface area contributed by atoms with Crippen molar-refractivity contribution in [1.29, 1.82) is 5.26 Å². The summed E-state index contributed by atoms with van der Waals surface area (Å²) in [5, 5.41) is 12.3. The van der Waals surface area contributed by atoms with E-state index in [1.165, 1.54) is 11.8 Å². The number of rotatable bonds is 6. The molecule has 3 aliphatic rings. The minimum atomic E-state index is -0.858. The molecule has 1 saturated heterocycles. The Morgan fingerprint density at radius 1 is 1.24 bits per heavy atom. The molecule has 0 bridgehead atoms. The van der Waals surface area contributed by atoms with E-state index in [1.807, 2.05) is 33.1 Å². The molecule has 1 aromatic heterocycles. The summed E-state index contributed by atoms with van der Waals surface area (Å²) in [6, 6.07) is 6.37. The first-order valence-corrected chi connectivity index (χ1v) is 14.6. The van der Waals surface area contributed by atoms with Crippen LogP contribution in [0.2, 0.25) is 5.02 Å². The number of hydrogen-bond donors (Lipinski definition) is 2. The van der Waals surface area contributed by atoms with Crippen LogP contribution in [0.3, 0.4) is 0 Å². The highest BCUT2D eigenvalue weighted by Gasteiger charge is 2.48. The molecular weight excluding hydrogens is 524 g/mol. The van der Waals surface area contributed by atoms with E-state index in [4.69, 9.17) is 26.3 Å². The van der Waals surface area contributed by atoms with Crippen molar-refractivity contribution < 1.29 is 14.3 Å². The van der Waals surface area contributed by atoms with Crippen LogP contribution in [0.15, 0.2) is 21.8 Å². The molecule has 1 saturated carbocycles. The Hall–Kier alpha value is -2.67. The number of thioether (sulfide) groups is 1. The van der Waals surface area contributed by atoms with Gasteiger partial charge in [-0.15, -0.1) is 11.8 Å². The van der Waals surface area contributed by atoms with Crippen molar-refractivity contribution in [2.24, 2.45) is 11.8 Å². The van der Waals surface area contributed by atoms with Crippen molar-refractivity contribution in [3.8, 4) is 17.6 Å². The van der Waals surface area contributed by atoms with Gasteiger partial charge in [0.1, 0.15) is 0 Å². The molecule has 2 aromatic rings. The van der Waals surface area contributed by atoms with Gasteiger partial charge in [-0.05, 0) is 57.9 Å². The molecule has 3 heterocycles. The fourth-order valence-electron chi connectivity index (χ4n) is 5.91. The van der Waals surface area contributed by atoms with Crippen LogP contribution in [0, 0.1) is 37.0 Å². The Balaban J connectivity index is 1.27. The van der Waals surface area contributed by atoms with Gasteiger partial charge in [0.2, 0.25) is 0 Å². The van der Waals surface area contributed by atoms with Gasteiger partial charge in [-0.25, -0.2) is 0 Å². The first-order chi connectivity index (χ1) is 18.1. The van der Waals surface area contributed by atoms with Crippen LogP contribution in [-0.4, -0.2) is 47.0 Å². The number of aryl methyl sites for hydroxylation is 1. The Morgan fingerprint density at radius 2 is 1.92 bits per heavy atom. The summed E-state index contributed by atoms with van der Waals surface area (Å²) in [4.78, 5) is 31.7. The van der Waals surface area contributed by atoms with E-state index in [0.29, 0.717) is 39.3 Å². The second-order valence-electron chi connectivity index (χ2n) is 10.7. The molecule has 10 heteroatoms. The summed E-state index contributed by atoms with van der Waals surface area (Å²) in [5.74, 6) is 0.147. The maximum atomic E-state index is 13.2. The molecule has 202 valence electrons. The lowest BCUT2D eigenvalue weighted by Crippen LogP contribution is -2.54. The monoisotopic (exact) mass is 556 g/mol. The van der Waals surface area contributed by atoms with Gasteiger partial charge in [-0.3, -0.25) is 14.5 Å². The summed E-state index contributed by atoms with van der Waals surface area (Å²) in [7, 11) is 0. The minimum Gasteiger partial charge on any atom is -0.448 e. The lowest BCUT2D eigenvalue weighted by atomic mass is 9.79. The van der Waals surface area contributed by atoms with E-state index >= 15 is 0 Å². The third-order valence-electron chi connectivity index (χ3n) is 8.22. The topological polar surface area (TPSA) is 107 Å². The van der Waals surface area contributed by atoms with Crippen LogP contribution in [0.5, 0.6) is 11.5 Å². The van der Waals surface area contributed by atoms with E-state index in [9.17, 15) is 9.59 Å². The normalized spacial score (nSPS) is 25.1. The van der Waals surface area contributed by atoms with E-state index < -0.39 is 5.79 Å². The summed E-state index contributed by atoms with van der Waals surface area (Å²) < 4.78 is 12.8. The number of H-pyrrole nitrogens is 1. The number of nitriles is 1. The number of halogens is 1. The average molecular weight is 557 g/mol. The number of amides is 1. The molecule has 0 radical (unpaired) electrons. The number of aromatic nitrogens is 1. The average Bonchev–Trinajstić information content (AvgIpc) is 3.24. The summed E-state index contributed by atoms with van der Waals surface area (Å²) in [5.41, 5.74) is 2.14. The molecule has 2 fully saturated rings. The zero-order valence-electron chi connectivity index (χ0n) is 22.2. The molecule has 1 amide bonds. The predicted octanol–water partition coefficient (Wildman–Crippen LogP) is 4.80. The number of aromatic amines is 1. The number of carbonyl (C=O) groups excluding carboxylic acids is 1. The van der Waals surface area contributed by atoms with E-state index in [2.05, 4.69) is 21.3 Å². The third kappa shape index (κ3) is 4.90. The number of likely N-dealkylation sites (tertiary alicyclic amines) is 1. The molecule has 2 aliphatic heterocycles. The number of ether oxygens (including phenoxy) is 2. The van der Waals surface area contributed by atoms with Gasteiger partial charge in [0, 0.05) is 65.8 Å². The largest absolute Gasteiger partial charge is 0.448 e. The van der Waals surface area contributed by atoms with Crippen molar-refractivity contribution >= 4 is 29.3 Å². The van der Waals surface area contributed by atoms with Crippen molar-refractivity contribution in [3.63, 3.8) is 0 Å². The summed E-state index contributed by atoms with van der Waals surface area (Å²) >= 11 is 8.08. The number of nitrogens with zero attached hydrogens (tertiary/aromatic N) is 2. The highest BCUT2D eigenvalue weighted by molar-refractivity contribution is 7.98. The Labute approximate surface area is 232 Å². The predicted molar refractivity (Wildman–Crippen MR) is 147 cm³/mol. The maximum absolute atomic E-state index is 13.2. The molecular formula is C28H33ClN4O4S. The molecule has 1 aromatic carbocycles. The van der Waals surface area contributed by atoms with Crippen molar-refractivity contribution in [1.82, 2.24) is 15.2 Å². The van der Waals surface area contributed by atoms with Gasteiger partial charge in [0.05, 0.1) is 17.0 Å². The van der Waals surface area contributed by atoms with Crippen LogP contribution < -0.4 is 20.3 Å². The molecule has 2 N–H and O–H groups in total. The van der Waals surface area contributed by atoms with Crippen LogP contribution >= 0.6 is 23.4 Å². The molecule has 38 heavy (non-hydrogen) atoms. The molecule has 5 rings (SSSR count). The zero-order valence-corrected chi connectivity index (χ0v) is 23.7. The van der Waals surface area contributed by atoms with Crippen molar-refractivity contribution in [2.75, 3.05) is 19.3 Å². The van der Waals surface area contributed by atoms with Gasteiger partial charge in [-0.1, -0.05) is 11.6 Å². The quantitative estimate of drug-likeness (QED) is 0.492. The summed E-state index contributed by atoms with van der Waals surface area (Å²) in [6.45, 7) is 7.46. The second kappa shape index (κ2) is 10.5. The molecule has 8 nitrogen and oxygen atoms in total. The molecule has 0 spiro atoms. The first-order valence-electron chi connectivity index (χ1n) is 13.0. The van der Waals surface area contributed by atoms with Gasteiger partial charge in [0.25, 0.3) is 17.3 Å². The fourth-order valence-corrected chi connectivity index (χ4v) is 6.85. The SMILES string of the molecule is CSc1cc(C)[nH]c(=O)c1CNC(=O)c1cc(Cl)c2c(c1C)O[C@](C)([C@H]1CC[C@@H](N3CC(C#N)C3)CC1)O2. The van der Waals surface area contributed by atoms with Crippen LogP contribution in [0.4, 0.5) is 0 Å². The molecule has 0 unspecified atom stereocenters. The number of fused-ring (bicyclic) bond motifs is 1. The van der Waals surface area contributed by atoms with Gasteiger partial charge in [0.15, 0.2) is 11.5 Å². The molecule has 1 aliphatic carbocycles. The minimum absolute atomic E-state index is 0.100. The number of nitrogens with one attached hydrogen (secondary N) is 2. The smallest absolute Gasteiger partial charge is 0.254 e. The van der Waals surface area contributed by atoms with E-state index in [0.717, 1.165) is 49.4 Å². The lowest BCUT2D eigenvalue weighted by Gasteiger charge is -2.45. The van der Waals surface area contributed by atoms with E-state index in [1.54, 1.807) is 6.07 Å². The second-order valence-corrected chi connectivity index (χ2v) is 12.0. The highest BCUT2D eigenvalue weighted by Crippen LogP contribution is 2.52. The Kier molecular flexibility index (Phi) is 7.42. The number of hydrogen-bond acceptors (Lipinski definition) is 7. The van der Waals surface area contributed by atoms with Crippen molar-refractivity contribution in [2.45, 2.75) is 69.7 Å². The fraction of sp³-hybridized carbons (Fsp3) is 0.536. The Bertz CT molecular complexity index is 1360. The highest BCUT2D eigenvalue weighted by atomic mass is 35.5. The van der Waals surface area contributed by atoms with Crippen LogP contribution in [0.1, 0.15) is 59.8 Å². The maximum Gasteiger partial charge on any atom is 0.254 e. The third-order valence-corrected chi connectivity index (χ3v) is 9.30. The van der Waals surface area contributed by atoms with Gasteiger partial charge >= 0.3 is 0 Å². The van der Waals surface area contributed by atoms with Crippen LogP contribution in [0.25, 0.3) is 0 Å². The van der Waals surface area contributed by atoms with Crippen molar-refractivity contribution in [3.05, 3.63) is 49.9 Å². The summed E-state index contributed by atoms with van der Waals surface area (Å²) in [6.07, 6.45) is 5.89. The van der Waals surface area contributed by atoms with Gasteiger partial charge < -0.3 is 19.8 Å². The zero-order chi connectivity index (χ0) is 27.2. The standard InChI is InChI=1S/C28H33ClN4O4S/c1-15-9-23(38-4)21(27(35)32-15)12-31-26(34)20-10-22(29)25-24(16(20)2)36-28(3,37-25)18-5-7-19(8-6-18)33-13-17(11-30)14-33/h9-10,17-19H,5-8,12-14H2,1-4H3,(H,31,34)(H,32,35)/t18-,19+,28-/m0/s1. The Morgan fingerprint density at radius 3 is 2.58 bits per heavy atom. The number of pyridine rings is 1. The number of carbonyl (C=O) groups is 1.